The zero-order chi connectivity index (χ0) is 13.2. The quantitative estimate of drug-likeness (QED) is 0.839. The molecule has 100 valence electrons. The van der Waals surface area contributed by atoms with Crippen LogP contribution in [0.1, 0.15) is 24.8 Å². The van der Waals surface area contributed by atoms with E-state index < -0.39 is 10.0 Å². The highest BCUT2D eigenvalue weighted by Gasteiger charge is 2.22. The van der Waals surface area contributed by atoms with E-state index in [1.807, 2.05) is 0 Å². The maximum absolute atomic E-state index is 12.0. The summed E-state index contributed by atoms with van der Waals surface area (Å²) in [5, 5.41) is 0.495. The second-order valence-electron chi connectivity index (χ2n) is 4.59. The summed E-state index contributed by atoms with van der Waals surface area (Å²) in [7, 11) is -3.44. The van der Waals surface area contributed by atoms with Crippen molar-refractivity contribution in [1.29, 1.82) is 0 Å². The molecule has 3 N–H and O–H groups in total. The largest absolute Gasteiger partial charge is 0.326 e. The molecule has 6 heteroatoms. The van der Waals surface area contributed by atoms with Gasteiger partial charge in [0.1, 0.15) is 0 Å². The molecule has 0 aromatic heterocycles. The molecule has 0 aliphatic heterocycles. The highest BCUT2D eigenvalue weighted by Crippen LogP contribution is 2.31. The van der Waals surface area contributed by atoms with Gasteiger partial charge in [-0.2, -0.15) is 0 Å². The molecule has 0 spiro atoms. The van der Waals surface area contributed by atoms with Crippen LogP contribution in [0.4, 0.5) is 0 Å². The fourth-order valence-electron chi connectivity index (χ4n) is 1.76. The summed E-state index contributed by atoms with van der Waals surface area (Å²) < 4.78 is 26.6. The molecule has 2 rings (SSSR count). The molecular weight excluding hydrogens is 272 g/mol. The molecule has 0 heterocycles. The summed E-state index contributed by atoms with van der Waals surface area (Å²) in [4.78, 5) is 0.225. The third-order valence-electron chi connectivity index (χ3n) is 3.09. The normalized spacial score (nSPS) is 15.9. The molecule has 1 aromatic carbocycles. The lowest BCUT2D eigenvalue weighted by atomic mass is 10.2. The molecule has 0 atom stereocenters. The first kappa shape index (κ1) is 13.8. The van der Waals surface area contributed by atoms with Crippen LogP contribution in [0.15, 0.2) is 23.1 Å². The maximum Gasteiger partial charge on any atom is 0.240 e. The van der Waals surface area contributed by atoms with Gasteiger partial charge in [0.05, 0.1) is 4.90 Å². The summed E-state index contributed by atoms with van der Waals surface area (Å²) >= 11 is 5.91. The first-order valence-corrected chi connectivity index (χ1v) is 7.87. The second-order valence-corrected chi connectivity index (χ2v) is 6.76. The third-order valence-corrected chi connectivity index (χ3v) is 4.92. The van der Waals surface area contributed by atoms with E-state index in [2.05, 4.69) is 4.72 Å². The van der Waals surface area contributed by atoms with Crippen LogP contribution in [0.3, 0.4) is 0 Å². The Hall–Kier alpha value is -0.620. The summed E-state index contributed by atoms with van der Waals surface area (Å²) in [6.07, 6.45) is 3.36. The van der Waals surface area contributed by atoms with E-state index in [9.17, 15) is 8.42 Å². The first-order valence-electron chi connectivity index (χ1n) is 6.01. The summed E-state index contributed by atoms with van der Waals surface area (Å²) in [6.45, 7) is 0.720. The zero-order valence-electron chi connectivity index (χ0n) is 10.0. The fourth-order valence-corrected chi connectivity index (χ4v) is 3.05. The second kappa shape index (κ2) is 5.57. The predicted octanol–water partition coefficient (Wildman–Crippen LogP) is 1.88. The van der Waals surface area contributed by atoms with Crippen molar-refractivity contribution >= 4 is 21.6 Å². The average molecular weight is 289 g/mol. The van der Waals surface area contributed by atoms with Crippen LogP contribution in [-0.2, 0) is 16.6 Å². The topological polar surface area (TPSA) is 72.2 Å². The van der Waals surface area contributed by atoms with Crippen LogP contribution in [-0.4, -0.2) is 15.0 Å². The van der Waals surface area contributed by atoms with E-state index in [4.69, 9.17) is 17.3 Å². The van der Waals surface area contributed by atoms with Gasteiger partial charge in [-0.1, -0.05) is 24.4 Å². The van der Waals surface area contributed by atoms with E-state index in [0.717, 1.165) is 6.42 Å². The number of hydrogen-bond donors (Lipinski definition) is 2. The number of rotatable bonds is 6. The van der Waals surface area contributed by atoms with Crippen molar-refractivity contribution in [3.63, 3.8) is 0 Å². The van der Waals surface area contributed by atoms with E-state index in [-0.39, 0.29) is 11.4 Å². The minimum Gasteiger partial charge on any atom is -0.326 e. The molecule has 1 saturated carbocycles. The molecule has 0 radical (unpaired) electrons. The number of halogens is 1. The minimum absolute atomic E-state index is 0.225. The molecule has 1 aliphatic carbocycles. The van der Waals surface area contributed by atoms with Crippen LogP contribution >= 0.6 is 11.6 Å². The number of sulfonamides is 1. The van der Waals surface area contributed by atoms with Crippen molar-refractivity contribution in [1.82, 2.24) is 4.72 Å². The molecule has 0 bridgehead atoms. The Morgan fingerprint density at radius 3 is 2.72 bits per heavy atom. The Balaban J connectivity index is 2.07. The van der Waals surface area contributed by atoms with Crippen molar-refractivity contribution < 1.29 is 8.42 Å². The van der Waals surface area contributed by atoms with Gasteiger partial charge in [-0.25, -0.2) is 13.1 Å². The predicted molar refractivity (Wildman–Crippen MR) is 71.9 cm³/mol. The van der Waals surface area contributed by atoms with Gasteiger partial charge < -0.3 is 5.73 Å². The van der Waals surface area contributed by atoms with Gasteiger partial charge in [0.25, 0.3) is 0 Å². The van der Waals surface area contributed by atoms with Gasteiger partial charge in [-0.05, 0) is 36.1 Å². The van der Waals surface area contributed by atoms with Crippen LogP contribution in [0, 0.1) is 5.92 Å². The number of nitrogens with one attached hydrogen (secondary N) is 1. The Morgan fingerprint density at radius 2 is 2.11 bits per heavy atom. The smallest absolute Gasteiger partial charge is 0.240 e. The van der Waals surface area contributed by atoms with Crippen molar-refractivity contribution in [3.05, 3.63) is 28.8 Å². The van der Waals surface area contributed by atoms with Crippen molar-refractivity contribution in [2.45, 2.75) is 30.7 Å². The molecule has 4 nitrogen and oxygen atoms in total. The molecule has 1 fully saturated rings. The minimum atomic E-state index is -3.44. The Bertz CT molecular complexity index is 527. The van der Waals surface area contributed by atoms with Gasteiger partial charge >= 0.3 is 0 Å². The molecule has 18 heavy (non-hydrogen) atoms. The summed E-state index contributed by atoms with van der Waals surface area (Å²) in [5.74, 6) is 0.706. The third kappa shape index (κ3) is 3.45. The molecule has 1 aliphatic rings. The first-order chi connectivity index (χ1) is 8.53. The van der Waals surface area contributed by atoms with E-state index in [1.165, 1.54) is 25.0 Å². The summed E-state index contributed by atoms with van der Waals surface area (Å²) in [6, 6.07) is 4.60. The number of hydrogen-bond acceptors (Lipinski definition) is 3. The molecule has 0 amide bonds. The molecular formula is C12H17ClN2O2S. The lowest BCUT2D eigenvalue weighted by molar-refractivity contribution is 0.575. The Kier molecular flexibility index (Phi) is 4.27. The molecule has 0 saturated heterocycles. The Morgan fingerprint density at radius 1 is 1.39 bits per heavy atom. The van der Waals surface area contributed by atoms with Crippen molar-refractivity contribution in [2.75, 3.05) is 6.54 Å². The highest BCUT2D eigenvalue weighted by molar-refractivity contribution is 7.89. The lowest BCUT2D eigenvalue weighted by Crippen LogP contribution is -2.25. The highest BCUT2D eigenvalue weighted by atomic mass is 35.5. The maximum atomic E-state index is 12.0. The molecule has 0 unspecified atom stereocenters. The van der Waals surface area contributed by atoms with Crippen LogP contribution in [0.25, 0.3) is 0 Å². The summed E-state index contributed by atoms with van der Waals surface area (Å²) in [5.41, 5.74) is 6.15. The van der Waals surface area contributed by atoms with E-state index in [0.29, 0.717) is 23.0 Å². The lowest BCUT2D eigenvalue weighted by Gasteiger charge is -2.08. The van der Waals surface area contributed by atoms with Crippen molar-refractivity contribution in [3.8, 4) is 0 Å². The average Bonchev–Trinajstić information content (AvgIpc) is 3.13. The van der Waals surface area contributed by atoms with Gasteiger partial charge in [-0.15, -0.1) is 0 Å². The van der Waals surface area contributed by atoms with E-state index in [1.54, 1.807) is 6.07 Å². The Labute approximate surface area is 113 Å². The van der Waals surface area contributed by atoms with Gasteiger partial charge in [-0.3, -0.25) is 0 Å². The van der Waals surface area contributed by atoms with Gasteiger partial charge in [0.2, 0.25) is 10.0 Å². The monoisotopic (exact) mass is 288 g/mol. The fraction of sp³-hybridized carbons (Fsp3) is 0.500. The van der Waals surface area contributed by atoms with E-state index >= 15 is 0 Å². The standard InChI is InChI=1S/C12H17ClN2O2S/c13-12-4-3-11(7-10(12)8-14)18(16,17)15-6-5-9-1-2-9/h3-4,7,9,15H,1-2,5-6,8,14H2. The van der Waals surface area contributed by atoms with Gasteiger partial charge in [0, 0.05) is 18.1 Å². The number of nitrogens with two attached hydrogens (primary N) is 1. The zero-order valence-corrected chi connectivity index (χ0v) is 11.6. The van der Waals surface area contributed by atoms with Crippen molar-refractivity contribution in [2.24, 2.45) is 11.7 Å². The van der Waals surface area contributed by atoms with Crippen LogP contribution < -0.4 is 10.5 Å². The number of benzene rings is 1. The van der Waals surface area contributed by atoms with Gasteiger partial charge in [0.15, 0.2) is 0 Å². The van der Waals surface area contributed by atoms with Crippen LogP contribution in [0.5, 0.6) is 0 Å². The molecule has 1 aromatic rings. The van der Waals surface area contributed by atoms with Crippen LogP contribution in [0.2, 0.25) is 5.02 Å². The SMILES string of the molecule is NCc1cc(S(=O)(=O)NCCC2CC2)ccc1Cl.